The van der Waals surface area contributed by atoms with Crippen LogP contribution in [-0.4, -0.2) is 32.6 Å². The van der Waals surface area contributed by atoms with Crippen LogP contribution in [0.2, 0.25) is 0 Å². The number of hydrogen-bond donors (Lipinski definition) is 0. The molecule has 0 N–H and O–H groups in total. The normalized spacial score (nSPS) is 15.8. The molecule has 0 radical (unpaired) electrons. The van der Waals surface area contributed by atoms with Crippen molar-refractivity contribution in [2.24, 2.45) is 0 Å². The average molecular weight is 365 g/mol. The lowest BCUT2D eigenvalue weighted by molar-refractivity contribution is 0.263. The molecule has 96 valence electrons. The van der Waals surface area contributed by atoms with Crippen molar-refractivity contribution in [3.63, 3.8) is 0 Å². The molecule has 1 saturated carbocycles. The molecule has 1 aromatic heterocycles. The topological polar surface area (TPSA) is 21.1 Å². The minimum absolute atomic E-state index is 0.792. The van der Waals surface area contributed by atoms with E-state index in [0.717, 1.165) is 36.7 Å². The third-order valence-electron chi connectivity index (χ3n) is 3.24. The van der Waals surface area contributed by atoms with Crippen molar-refractivity contribution in [3.8, 4) is 0 Å². The first-order valence-corrected chi connectivity index (χ1v) is 8.10. The molecule has 0 bridgehead atoms. The van der Waals surface area contributed by atoms with Crippen LogP contribution >= 0.6 is 31.9 Å². The molecular formula is C12H19Br2N3. The number of nitrogens with zero attached hydrogens (tertiary/aromatic N) is 3. The fourth-order valence-corrected chi connectivity index (χ4v) is 3.02. The maximum atomic E-state index is 4.55. The first-order chi connectivity index (χ1) is 8.17. The number of alkyl halides is 1. The van der Waals surface area contributed by atoms with Crippen LogP contribution in [0.1, 0.15) is 31.2 Å². The number of halogens is 2. The Kier molecular flexibility index (Phi) is 4.66. The van der Waals surface area contributed by atoms with Gasteiger partial charge in [-0.2, -0.15) is 5.10 Å². The van der Waals surface area contributed by atoms with E-state index in [-0.39, 0.29) is 0 Å². The van der Waals surface area contributed by atoms with Crippen molar-refractivity contribution >= 4 is 31.9 Å². The first-order valence-electron chi connectivity index (χ1n) is 6.19. The predicted molar refractivity (Wildman–Crippen MR) is 77.6 cm³/mol. The molecule has 1 heterocycles. The maximum Gasteiger partial charge on any atom is 0.0739 e. The molecule has 0 saturated heterocycles. The van der Waals surface area contributed by atoms with Crippen molar-refractivity contribution in [2.75, 3.05) is 11.9 Å². The van der Waals surface area contributed by atoms with E-state index in [0.29, 0.717) is 0 Å². The lowest BCUT2D eigenvalue weighted by atomic mass is 10.3. The molecule has 0 spiro atoms. The summed E-state index contributed by atoms with van der Waals surface area (Å²) in [6.07, 6.45) is 2.70. The molecule has 1 fully saturated rings. The van der Waals surface area contributed by atoms with Gasteiger partial charge in [-0.25, -0.2) is 0 Å². The van der Waals surface area contributed by atoms with Crippen molar-refractivity contribution in [3.05, 3.63) is 15.9 Å². The minimum Gasteiger partial charge on any atom is -0.294 e. The molecular weight excluding hydrogens is 346 g/mol. The van der Waals surface area contributed by atoms with Gasteiger partial charge in [-0.1, -0.05) is 15.9 Å². The molecule has 0 unspecified atom stereocenters. The molecule has 1 aromatic rings. The molecule has 0 amide bonds. The fraction of sp³-hybridized carbons (Fsp3) is 0.750. The molecule has 17 heavy (non-hydrogen) atoms. The third kappa shape index (κ3) is 3.12. The van der Waals surface area contributed by atoms with E-state index in [9.17, 15) is 0 Å². The molecule has 0 atom stereocenters. The number of hydrogen-bond acceptors (Lipinski definition) is 2. The highest BCUT2D eigenvalue weighted by atomic mass is 79.9. The highest BCUT2D eigenvalue weighted by Crippen LogP contribution is 2.30. The van der Waals surface area contributed by atoms with Gasteiger partial charge in [0.2, 0.25) is 0 Å². The Bertz CT molecular complexity index is 385. The lowest BCUT2D eigenvalue weighted by Crippen LogP contribution is -2.28. The van der Waals surface area contributed by atoms with Gasteiger partial charge in [0, 0.05) is 31.0 Å². The summed E-state index contributed by atoms with van der Waals surface area (Å²) in [5.74, 6) is 0. The largest absolute Gasteiger partial charge is 0.294 e. The quantitative estimate of drug-likeness (QED) is 0.722. The van der Waals surface area contributed by atoms with Gasteiger partial charge in [-0.05, 0) is 42.6 Å². The molecule has 0 aliphatic heterocycles. The summed E-state index contributed by atoms with van der Waals surface area (Å²) >= 11 is 7.21. The molecule has 2 rings (SSSR count). The Morgan fingerprint density at radius 2 is 2.18 bits per heavy atom. The van der Waals surface area contributed by atoms with Crippen LogP contribution in [-0.2, 0) is 13.1 Å². The lowest BCUT2D eigenvalue weighted by Gasteiger charge is -2.21. The van der Waals surface area contributed by atoms with Gasteiger partial charge in [0.05, 0.1) is 15.9 Å². The smallest absolute Gasteiger partial charge is 0.0739 e. The van der Waals surface area contributed by atoms with Crippen molar-refractivity contribution in [2.45, 2.75) is 45.8 Å². The first kappa shape index (κ1) is 13.6. The van der Waals surface area contributed by atoms with E-state index in [1.54, 1.807) is 0 Å². The van der Waals surface area contributed by atoms with Gasteiger partial charge in [-0.15, -0.1) is 0 Å². The third-order valence-corrected chi connectivity index (χ3v) is 4.63. The molecule has 0 aromatic carbocycles. The second-order valence-electron chi connectivity index (χ2n) is 4.55. The standard InChI is InChI=1S/C12H19Br2N3/c1-3-17-11(12(14)9(2)15-17)8-16(7-6-13)10-4-5-10/h10H,3-8H2,1-2H3. The summed E-state index contributed by atoms with van der Waals surface area (Å²) < 4.78 is 3.29. The summed E-state index contributed by atoms with van der Waals surface area (Å²) in [5, 5.41) is 5.60. The zero-order chi connectivity index (χ0) is 12.4. The fourth-order valence-electron chi connectivity index (χ4n) is 2.15. The molecule has 1 aliphatic carbocycles. The Labute approximate surface area is 120 Å². The summed E-state index contributed by atoms with van der Waals surface area (Å²) in [5.41, 5.74) is 2.41. The van der Waals surface area contributed by atoms with Gasteiger partial charge in [0.1, 0.15) is 0 Å². The minimum atomic E-state index is 0.792. The highest BCUT2D eigenvalue weighted by molar-refractivity contribution is 9.10. The van der Waals surface area contributed by atoms with Gasteiger partial charge in [0.15, 0.2) is 0 Å². The van der Waals surface area contributed by atoms with E-state index >= 15 is 0 Å². The van der Waals surface area contributed by atoms with E-state index in [2.05, 4.69) is 60.4 Å². The number of aromatic nitrogens is 2. The average Bonchev–Trinajstić information content (AvgIpc) is 3.11. The predicted octanol–water partition coefficient (Wildman–Crippen LogP) is 3.33. The molecule has 1 aliphatic rings. The van der Waals surface area contributed by atoms with Gasteiger partial charge in [0.25, 0.3) is 0 Å². The van der Waals surface area contributed by atoms with E-state index in [1.165, 1.54) is 23.0 Å². The van der Waals surface area contributed by atoms with Crippen molar-refractivity contribution in [1.29, 1.82) is 0 Å². The Morgan fingerprint density at radius 1 is 1.47 bits per heavy atom. The van der Waals surface area contributed by atoms with Gasteiger partial charge >= 0.3 is 0 Å². The molecule has 3 nitrogen and oxygen atoms in total. The number of aryl methyl sites for hydroxylation is 2. The Balaban J connectivity index is 2.15. The van der Waals surface area contributed by atoms with Crippen LogP contribution in [0, 0.1) is 6.92 Å². The summed E-state index contributed by atoms with van der Waals surface area (Å²) in [6.45, 7) is 7.27. The second kappa shape index (κ2) is 5.85. The monoisotopic (exact) mass is 363 g/mol. The van der Waals surface area contributed by atoms with Crippen molar-refractivity contribution in [1.82, 2.24) is 14.7 Å². The van der Waals surface area contributed by atoms with E-state index < -0.39 is 0 Å². The van der Waals surface area contributed by atoms with E-state index in [1.807, 2.05) is 0 Å². The van der Waals surface area contributed by atoms with Crippen LogP contribution in [0.15, 0.2) is 4.47 Å². The van der Waals surface area contributed by atoms with Crippen LogP contribution in [0.4, 0.5) is 0 Å². The van der Waals surface area contributed by atoms with Crippen LogP contribution in [0.5, 0.6) is 0 Å². The maximum absolute atomic E-state index is 4.55. The van der Waals surface area contributed by atoms with E-state index in [4.69, 9.17) is 0 Å². The summed E-state index contributed by atoms with van der Waals surface area (Å²) in [7, 11) is 0. The Hall–Kier alpha value is 0.130. The van der Waals surface area contributed by atoms with Crippen molar-refractivity contribution < 1.29 is 0 Å². The van der Waals surface area contributed by atoms with Gasteiger partial charge < -0.3 is 0 Å². The number of rotatable bonds is 6. The second-order valence-corrected chi connectivity index (χ2v) is 6.14. The van der Waals surface area contributed by atoms with Crippen LogP contribution in [0.3, 0.4) is 0 Å². The SMILES string of the molecule is CCn1nc(C)c(Br)c1CN(CCBr)C1CC1. The molecule has 5 heteroatoms. The van der Waals surface area contributed by atoms with Crippen LogP contribution in [0.25, 0.3) is 0 Å². The summed E-state index contributed by atoms with van der Waals surface area (Å²) in [6, 6.07) is 0.792. The summed E-state index contributed by atoms with van der Waals surface area (Å²) in [4.78, 5) is 2.56. The zero-order valence-electron chi connectivity index (χ0n) is 10.4. The van der Waals surface area contributed by atoms with Gasteiger partial charge in [-0.3, -0.25) is 9.58 Å². The zero-order valence-corrected chi connectivity index (χ0v) is 13.6. The van der Waals surface area contributed by atoms with Crippen LogP contribution < -0.4 is 0 Å². The highest BCUT2D eigenvalue weighted by Gasteiger charge is 2.29. The Morgan fingerprint density at radius 3 is 2.71 bits per heavy atom.